The first-order chi connectivity index (χ1) is 9.16. The Bertz CT molecular complexity index is 555. The highest BCUT2D eigenvalue weighted by atomic mass is 32.1. The molecule has 0 aliphatic rings. The van der Waals surface area contributed by atoms with E-state index in [0.717, 1.165) is 5.56 Å². The Labute approximate surface area is 114 Å². The Hall–Kier alpha value is -2.08. The summed E-state index contributed by atoms with van der Waals surface area (Å²) in [6.07, 6.45) is 1.67. The molecule has 98 valence electrons. The van der Waals surface area contributed by atoms with Gasteiger partial charge < -0.3 is 0 Å². The average molecular weight is 276 g/mol. The van der Waals surface area contributed by atoms with Crippen LogP contribution in [0.1, 0.15) is 27.7 Å². The molecule has 2 rings (SSSR count). The lowest BCUT2D eigenvalue weighted by Gasteiger charge is -2.11. The highest BCUT2D eigenvalue weighted by Gasteiger charge is 2.23. The third-order valence-corrected chi connectivity index (χ3v) is 3.56. The summed E-state index contributed by atoms with van der Waals surface area (Å²) in [6, 6.07) is 9.09. The highest BCUT2D eigenvalue weighted by Crippen LogP contribution is 2.22. The lowest BCUT2D eigenvalue weighted by molar-refractivity contribution is -0.483. The van der Waals surface area contributed by atoms with E-state index in [1.54, 1.807) is 11.6 Å². The Morgan fingerprint density at radius 2 is 2.11 bits per heavy atom. The second-order valence-corrected chi connectivity index (χ2v) is 4.98. The molecule has 19 heavy (non-hydrogen) atoms. The van der Waals surface area contributed by atoms with Gasteiger partial charge >= 0.3 is 0 Å². The van der Waals surface area contributed by atoms with Gasteiger partial charge in [0.05, 0.1) is 5.92 Å². The van der Waals surface area contributed by atoms with Crippen molar-refractivity contribution < 1.29 is 9.72 Å². The topological polar surface area (TPSA) is 73.1 Å². The first-order valence-electron chi connectivity index (χ1n) is 5.76. The van der Waals surface area contributed by atoms with Crippen LogP contribution in [0.15, 0.2) is 41.9 Å². The zero-order valence-corrected chi connectivity index (χ0v) is 10.9. The Morgan fingerprint density at radius 3 is 2.68 bits per heavy atom. The molecule has 0 saturated carbocycles. The van der Waals surface area contributed by atoms with E-state index in [1.165, 1.54) is 11.3 Å². The van der Waals surface area contributed by atoms with Gasteiger partial charge in [0.2, 0.25) is 6.54 Å². The van der Waals surface area contributed by atoms with Crippen LogP contribution in [0.2, 0.25) is 0 Å². The maximum Gasteiger partial charge on any atom is 0.211 e. The van der Waals surface area contributed by atoms with Crippen LogP contribution in [0.4, 0.5) is 0 Å². The molecule has 5 nitrogen and oxygen atoms in total. The van der Waals surface area contributed by atoms with Crippen molar-refractivity contribution >= 4 is 17.1 Å². The van der Waals surface area contributed by atoms with Crippen LogP contribution in [0.5, 0.6) is 0 Å². The zero-order chi connectivity index (χ0) is 13.7. The van der Waals surface area contributed by atoms with Crippen LogP contribution in [0, 0.1) is 10.1 Å². The summed E-state index contributed by atoms with van der Waals surface area (Å²) in [7, 11) is 0. The summed E-state index contributed by atoms with van der Waals surface area (Å²) in [5, 5.41) is 12.9. The van der Waals surface area contributed by atoms with Crippen LogP contribution < -0.4 is 0 Å². The van der Waals surface area contributed by atoms with E-state index in [4.69, 9.17) is 0 Å². The first-order valence-corrected chi connectivity index (χ1v) is 6.64. The molecule has 0 fully saturated rings. The van der Waals surface area contributed by atoms with Crippen LogP contribution in [-0.2, 0) is 0 Å². The molecule has 1 aromatic heterocycles. The molecule has 0 aliphatic carbocycles. The molecule has 0 N–H and O–H groups in total. The summed E-state index contributed by atoms with van der Waals surface area (Å²) < 4.78 is 0. The molecule has 0 saturated heterocycles. The van der Waals surface area contributed by atoms with Gasteiger partial charge in [-0.2, -0.15) is 0 Å². The molecule has 0 amide bonds. The van der Waals surface area contributed by atoms with E-state index < -0.39 is 5.92 Å². The molecule has 0 aliphatic heterocycles. The maximum atomic E-state index is 12.0. The van der Waals surface area contributed by atoms with Crippen molar-refractivity contribution in [3.05, 3.63) is 62.6 Å². The predicted molar refractivity (Wildman–Crippen MR) is 72.1 cm³/mol. The number of carbonyl (C=O) groups is 1. The quantitative estimate of drug-likeness (QED) is 0.462. The van der Waals surface area contributed by atoms with E-state index in [0.29, 0.717) is 5.01 Å². The molecular weight excluding hydrogens is 264 g/mol. The van der Waals surface area contributed by atoms with E-state index >= 15 is 0 Å². The van der Waals surface area contributed by atoms with Crippen LogP contribution in [-0.4, -0.2) is 22.2 Å². The number of carbonyl (C=O) groups excluding carboxylic acids is 1. The molecule has 1 heterocycles. The number of rotatable bonds is 6. The number of aromatic nitrogens is 1. The number of thiazole rings is 1. The van der Waals surface area contributed by atoms with Gasteiger partial charge in [-0.1, -0.05) is 30.3 Å². The molecule has 1 atom stereocenters. The predicted octanol–water partition coefficient (Wildman–Crippen LogP) is 2.78. The first kappa shape index (κ1) is 13.4. The Morgan fingerprint density at radius 1 is 1.37 bits per heavy atom. The van der Waals surface area contributed by atoms with Gasteiger partial charge in [0, 0.05) is 22.9 Å². The number of nitrogens with zero attached hydrogens (tertiary/aromatic N) is 2. The second-order valence-electron chi connectivity index (χ2n) is 4.09. The molecule has 0 spiro atoms. The van der Waals surface area contributed by atoms with Crippen molar-refractivity contribution in [3.63, 3.8) is 0 Å². The molecule has 0 unspecified atom stereocenters. The summed E-state index contributed by atoms with van der Waals surface area (Å²) in [5.74, 6) is -0.557. The number of nitro groups is 1. The third-order valence-electron chi connectivity index (χ3n) is 2.74. The summed E-state index contributed by atoms with van der Waals surface area (Å²) >= 11 is 1.26. The molecule has 2 aromatic rings. The standard InChI is InChI=1S/C13H12N2O3S/c16-12(13-14-6-7-19-13)8-11(9-15(17)18)10-4-2-1-3-5-10/h1-7,11H,8-9H2/t11-/m1/s1. The highest BCUT2D eigenvalue weighted by molar-refractivity contribution is 7.11. The van der Waals surface area contributed by atoms with E-state index in [-0.39, 0.29) is 23.7 Å². The smallest absolute Gasteiger partial charge is 0.211 e. The number of Topliss-reactive ketones (excluding diaryl/α,β-unsaturated/α-hetero) is 1. The molecular formula is C13H12N2O3S. The van der Waals surface area contributed by atoms with Crippen LogP contribution in [0.25, 0.3) is 0 Å². The average Bonchev–Trinajstić information content (AvgIpc) is 2.92. The minimum atomic E-state index is -0.410. The fourth-order valence-electron chi connectivity index (χ4n) is 1.87. The number of ketones is 1. The summed E-state index contributed by atoms with van der Waals surface area (Å²) in [5.41, 5.74) is 0.809. The van der Waals surface area contributed by atoms with Crippen molar-refractivity contribution in [2.45, 2.75) is 12.3 Å². The SMILES string of the molecule is O=C(C[C@H](C[N+](=O)[O-])c1ccccc1)c1nccs1. The Balaban J connectivity index is 2.15. The Kier molecular flexibility index (Phi) is 4.35. The van der Waals surface area contributed by atoms with E-state index in [2.05, 4.69) is 4.98 Å². The van der Waals surface area contributed by atoms with Crippen LogP contribution >= 0.6 is 11.3 Å². The zero-order valence-electron chi connectivity index (χ0n) is 10.1. The lowest BCUT2D eigenvalue weighted by Crippen LogP contribution is -2.16. The van der Waals surface area contributed by atoms with Crippen LogP contribution in [0.3, 0.4) is 0 Å². The molecule has 1 aromatic carbocycles. The maximum absolute atomic E-state index is 12.0. The van der Waals surface area contributed by atoms with Crippen molar-refractivity contribution in [1.29, 1.82) is 0 Å². The van der Waals surface area contributed by atoms with E-state index in [9.17, 15) is 14.9 Å². The lowest BCUT2D eigenvalue weighted by atomic mass is 9.94. The van der Waals surface area contributed by atoms with Gasteiger partial charge in [-0.25, -0.2) is 4.98 Å². The van der Waals surface area contributed by atoms with Crippen molar-refractivity contribution in [1.82, 2.24) is 4.98 Å². The van der Waals surface area contributed by atoms with E-state index in [1.807, 2.05) is 30.3 Å². The van der Waals surface area contributed by atoms with Gasteiger partial charge in [-0.05, 0) is 5.56 Å². The fraction of sp³-hybridized carbons (Fsp3) is 0.231. The second kappa shape index (κ2) is 6.19. The van der Waals surface area contributed by atoms with Gasteiger partial charge in [0.1, 0.15) is 0 Å². The normalized spacial score (nSPS) is 12.0. The van der Waals surface area contributed by atoms with Gasteiger partial charge in [0.25, 0.3) is 0 Å². The largest absolute Gasteiger partial charge is 0.291 e. The molecule has 0 radical (unpaired) electrons. The minimum absolute atomic E-state index is 0.110. The monoisotopic (exact) mass is 276 g/mol. The van der Waals surface area contributed by atoms with Crippen molar-refractivity contribution in [3.8, 4) is 0 Å². The fourth-order valence-corrected chi connectivity index (χ4v) is 2.45. The summed E-state index contributed by atoms with van der Waals surface area (Å²) in [4.78, 5) is 26.3. The van der Waals surface area contributed by atoms with Gasteiger partial charge in [0.15, 0.2) is 10.8 Å². The molecule has 6 heteroatoms. The van der Waals surface area contributed by atoms with Crippen molar-refractivity contribution in [2.24, 2.45) is 0 Å². The summed E-state index contributed by atoms with van der Waals surface area (Å²) in [6.45, 7) is -0.249. The minimum Gasteiger partial charge on any atom is -0.291 e. The number of hydrogen-bond donors (Lipinski definition) is 0. The number of benzene rings is 1. The van der Waals surface area contributed by atoms with Gasteiger partial charge in [-0.3, -0.25) is 14.9 Å². The third kappa shape index (κ3) is 3.69. The number of hydrogen-bond acceptors (Lipinski definition) is 5. The van der Waals surface area contributed by atoms with Gasteiger partial charge in [-0.15, -0.1) is 11.3 Å². The molecule has 0 bridgehead atoms. The van der Waals surface area contributed by atoms with Crippen molar-refractivity contribution in [2.75, 3.05) is 6.54 Å².